The van der Waals surface area contributed by atoms with Crippen molar-refractivity contribution in [2.75, 3.05) is 30.4 Å². The second-order valence-corrected chi connectivity index (χ2v) is 6.87. The lowest BCUT2D eigenvalue weighted by atomic mass is 10.1. The van der Waals surface area contributed by atoms with Crippen molar-refractivity contribution in [3.8, 4) is 5.75 Å². The summed E-state index contributed by atoms with van der Waals surface area (Å²) in [6.45, 7) is 0.455. The average molecular weight is 451 g/mol. The number of nitrogens with zero attached hydrogens (tertiary/aromatic N) is 1. The van der Waals surface area contributed by atoms with E-state index >= 15 is 0 Å². The maximum absolute atomic E-state index is 12.4. The van der Waals surface area contributed by atoms with Crippen molar-refractivity contribution < 1.29 is 14.3 Å². The summed E-state index contributed by atoms with van der Waals surface area (Å²) in [6.07, 6.45) is -0.647. The standard InChI is InChI=1S/C18H18IN3O3/c1-20-18(24)16-10-22(14-4-2-3-5-15(14)25-16)11-17(23)21-13-8-6-12(19)7-9-13/h2-9,16H,10-11H2,1H3,(H,20,24)(H,21,23)/t16-/m1/s1. The van der Waals surface area contributed by atoms with Crippen molar-refractivity contribution in [3.63, 3.8) is 0 Å². The number of para-hydroxylation sites is 2. The number of halogens is 1. The highest BCUT2D eigenvalue weighted by molar-refractivity contribution is 14.1. The number of fused-ring (bicyclic) bond motifs is 1. The SMILES string of the molecule is CNC(=O)[C@H]1CN(CC(=O)Nc2ccc(I)cc2)c2ccccc2O1. The molecule has 25 heavy (non-hydrogen) atoms. The molecule has 1 atom stereocenters. The second-order valence-electron chi connectivity index (χ2n) is 5.62. The highest BCUT2D eigenvalue weighted by Crippen LogP contribution is 2.32. The molecule has 2 aromatic rings. The van der Waals surface area contributed by atoms with Crippen LogP contribution in [0.25, 0.3) is 0 Å². The minimum atomic E-state index is -0.647. The Morgan fingerprint density at radius 2 is 1.92 bits per heavy atom. The predicted octanol–water partition coefficient (Wildman–Crippen LogP) is 2.24. The summed E-state index contributed by atoms with van der Waals surface area (Å²) in [5.74, 6) is 0.246. The van der Waals surface area contributed by atoms with Gasteiger partial charge in [-0.15, -0.1) is 0 Å². The van der Waals surface area contributed by atoms with Crippen molar-refractivity contribution in [1.29, 1.82) is 0 Å². The van der Waals surface area contributed by atoms with Gasteiger partial charge in [0.2, 0.25) is 5.91 Å². The molecule has 0 saturated carbocycles. The van der Waals surface area contributed by atoms with E-state index in [-0.39, 0.29) is 18.4 Å². The van der Waals surface area contributed by atoms with Gasteiger partial charge >= 0.3 is 0 Å². The highest BCUT2D eigenvalue weighted by atomic mass is 127. The van der Waals surface area contributed by atoms with E-state index in [4.69, 9.17) is 4.74 Å². The number of carbonyl (C=O) groups is 2. The van der Waals surface area contributed by atoms with Gasteiger partial charge in [0, 0.05) is 16.3 Å². The van der Waals surface area contributed by atoms with Crippen LogP contribution in [0.5, 0.6) is 5.75 Å². The maximum Gasteiger partial charge on any atom is 0.262 e. The molecule has 130 valence electrons. The molecule has 1 aliphatic rings. The first-order valence-corrected chi connectivity index (χ1v) is 8.92. The van der Waals surface area contributed by atoms with E-state index in [0.29, 0.717) is 12.3 Å². The molecule has 1 aliphatic heterocycles. The normalized spacial score (nSPS) is 15.8. The van der Waals surface area contributed by atoms with E-state index in [1.165, 1.54) is 0 Å². The summed E-state index contributed by atoms with van der Waals surface area (Å²) in [7, 11) is 1.57. The zero-order valence-corrected chi connectivity index (χ0v) is 15.8. The number of benzene rings is 2. The number of hydrogen-bond acceptors (Lipinski definition) is 4. The summed E-state index contributed by atoms with van der Waals surface area (Å²) >= 11 is 2.21. The molecule has 0 aromatic heterocycles. The fourth-order valence-corrected chi connectivity index (χ4v) is 3.02. The first kappa shape index (κ1) is 17.5. The Morgan fingerprint density at radius 3 is 2.64 bits per heavy atom. The monoisotopic (exact) mass is 451 g/mol. The molecule has 0 saturated heterocycles. The Labute approximate surface area is 159 Å². The van der Waals surface area contributed by atoms with Crippen LogP contribution in [0.4, 0.5) is 11.4 Å². The van der Waals surface area contributed by atoms with Crippen LogP contribution in [0.2, 0.25) is 0 Å². The molecule has 2 aromatic carbocycles. The quantitative estimate of drug-likeness (QED) is 0.700. The van der Waals surface area contributed by atoms with E-state index in [2.05, 4.69) is 33.2 Å². The van der Waals surface area contributed by atoms with E-state index in [9.17, 15) is 9.59 Å². The van der Waals surface area contributed by atoms with E-state index in [1.54, 1.807) is 13.1 Å². The summed E-state index contributed by atoms with van der Waals surface area (Å²) in [5, 5.41) is 5.47. The number of carbonyl (C=O) groups excluding carboxylic acids is 2. The third-order valence-electron chi connectivity index (χ3n) is 3.86. The van der Waals surface area contributed by atoms with Crippen LogP contribution in [0, 0.1) is 3.57 Å². The lowest BCUT2D eigenvalue weighted by Crippen LogP contribution is -2.50. The summed E-state index contributed by atoms with van der Waals surface area (Å²) in [4.78, 5) is 26.3. The molecule has 6 nitrogen and oxygen atoms in total. The number of amides is 2. The van der Waals surface area contributed by atoms with Crippen LogP contribution in [0.3, 0.4) is 0 Å². The number of anilines is 2. The topological polar surface area (TPSA) is 70.7 Å². The molecule has 0 fully saturated rings. The van der Waals surface area contributed by atoms with Crippen LogP contribution in [-0.2, 0) is 9.59 Å². The van der Waals surface area contributed by atoms with Crippen LogP contribution in [-0.4, -0.2) is 38.1 Å². The van der Waals surface area contributed by atoms with Gasteiger partial charge < -0.3 is 20.3 Å². The Bertz CT molecular complexity index is 779. The van der Waals surface area contributed by atoms with E-state index in [0.717, 1.165) is 14.9 Å². The number of ether oxygens (including phenoxy) is 1. The van der Waals surface area contributed by atoms with Gasteiger partial charge in [-0.25, -0.2) is 0 Å². The first-order chi connectivity index (χ1) is 12.1. The van der Waals surface area contributed by atoms with Gasteiger partial charge in [-0.2, -0.15) is 0 Å². The van der Waals surface area contributed by atoms with Crippen LogP contribution >= 0.6 is 22.6 Å². The smallest absolute Gasteiger partial charge is 0.262 e. The predicted molar refractivity (Wildman–Crippen MR) is 105 cm³/mol. The van der Waals surface area contributed by atoms with Gasteiger partial charge in [0.15, 0.2) is 6.10 Å². The number of likely N-dealkylation sites (N-methyl/N-ethyl adjacent to an activating group) is 1. The van der Waals surface area contributed by atoms with Crippen molar-refractivity contribution in [2.45, 2.75) is 6.10 Å². The Hall–Kier alpha value is -2.29. The third kappa shape index (κ3) is 4.22. The molecule has 0 radical (unpaired) electrons. The zero-order valence-electron chi connectivity index (χ0n) is 13.7. The summed E-state index contributed by atoms with van der Waals surface area (Å²) in [6, 6.07) is 15.0. The Balaban J connectivity index is 1.74. The van der Waals surface area contributed by atoms with E-state index in [1.807, 2.05) is 47.4 Å². The fraction of sp³-hybridized carbons (Fsp3) is 0.222. The van der Waals surface area contributed by atoms with Gasteiger partial charge in [0.05, 0.1) is 18.8 Å². The third-order valence-corrected chi connectivity index (χ3v) is 4.58. The summed E-state index contributed by atoms with van der Waals surface area (Å²) in [5.41, 5.74) is 1.55. The maximum atomic E-state index is 12.4. The molecular formula is C18H18IN3O3. The Morgan fingerprint density at radius 1 is 1.20 bits per heavy atom. The molecular weight excluding hydrogens is 433 g/mol. The van der Waals surface area contributed by atoms with Crippen molar-refractivity contribution in [2.24, 2.45) is 0 Å². The van der Waals surface area contributed by atoms with Crippen molar-refractivity contribution in [1.82, 2.24) is 5.32 Å². The van der Waals surface area contributed by atoms with Gasteiger partial charge in [-0.3, -0.25) is 9.59 Å². The minimum absolute atomic E-state index is 0.139. The van der Waals surface area contributed by atoms with Gasteiger partial charge in [0.1, 0.15) is 5.75 Å². The lowest BCUT2D eigenvalue weighted by Gasteiger charge is -2.34. The van der Waals surface area contributed by atoms with Gasteiger partial charge in [0.25, 0.3) is 5.91 Å². The number of hydrogen-bond donors (Lipinski definition) is 2. The molecule has 0 spiro atoms. The molecule has 0 bridgehead atoms. The molecule has 3 rings (SSSR count). The largest absolute Gasteiger partial charge is 0.477 e. The average Bonchev–Trinajstić information content (AvgIpc) is 2.62. The first-order valence-electron chi connectivity index (χ1n) is 7.84. The molecule has 2 N–H and O–H groups in total. The second kappa shape index (κ2) is 7.73. The van der Waals surface area contributed by atoms with Crippen LogP contribution < -0.4 is 20.3 Å². The van der Waals surface area contributed by atoms with Crippen molar-refractivity contribution >= 4 is 45.8 Å². The molecule has 7 heteroatoms. The molecule has 0 unspecified atom stereocenters. The van der Waals surface area contributed by atoms with Gasteiger partial charge in [-0.1, -0.05) is 12.1 Å². The zero-order chi connectivity index (χ0) is 17.8. The van der Waals surface area contributed by atoms with Crippen LogP contribution in [0.1, 0.15) is 0 Å². The number of nitrogens with one attached hydrogen (secondary N) is 2. The number of rotatable bonds is 4. The highest BCUT2D eigenvalue weighted by Gasteiger charge is 2.30. The summed E-state index contributed by atoms with van der Waals surface area (Å²) < 4.78 is 6.84. The molecule has 0 aliphatic carbocycles. The lowest BCUT2D eigenvalue weighted by molar-refractivity contribution is -0.127. The molecule has 1 heterocycles. The fourth-order valence-electron chi connectivity index (χ4n) is 2.66. The minimum Gasteiger partial charge on any atom is -0.477 e. The van der Waals surface area contributed by atoms with Gasteiger partial charge in [-0.05, 0) is 59.0 Å². The van der Waals surface area contributed by atoms with Crippen LogP contribution in [0.15, 0.2) is 48.5 Å². The van der Waals surface area contributed by atoms with Crippen molar-refractivity contribution in [3.05, 3.63) is 52.1 Å². The Kier molecular flexibility index (Phi) is 5.42. The van der Waals surface area contributed by atoms with E-state index < -0.39 is 6.10 Å². The molecule has 2 amide bonds.